The van der Waals surface area contributed by atoms with E-state index in [1.54, 1.807) is 58.3 Å². The molecule has 682 valence electrons. The molecule has 125 heavy (non-hydrogen) atoms. The number of rotatable bonds is 21. The van der Waals surface area contributed by atoms with E-state index in [0.717, 1.165) is 14.7 Å². The van der Waals surface area contributed by atoms with E-state index in [9.17, 15) is 58.2 Å². The third-order valence-corrected chi connectivity index (χ3v) is 23.5. The van der Waals surface area contributed by atoms with E-state index in [1.165, 1.54) is 69.1 Å². The first-order chi connectivity index (χ1) is 59.4. The molecule has 2 aromatic heterocycles. The van der Waals surface area contributed by atoms with E-state index >= 15 is 28.8 Å². The summed E-state index contributed by atoms with van der Waals surface area (Å²) in [6.45, 7) is 11.6. The summed E-state index contributed by atoms with van der Waals surface area (Å²) in [4.78, 5) is 247. The summed E-state index contributed by atoms with van der Waals surface area (Å²) in [5, 5.41) is 47.0. The molecular weight excluding hydrogens is 1610 g/mol. The third kappa shape index (κ3) is 26.6. The smallest absolute Gasteiger partial charge is 0.246 e. The molecule has 3 fully saturated rings. The number of aromatic hydroxyl groups is 1. The SMILES string of the molecule is CCCC[C@H]1C(=O)N(C)[C@@H](CCCC)C(=O)N[C@@H](CC(C)C)C(=O)N[C@@H](C)C(=O)NCC(=O)N[C@@H](Cc2ccc(O)cc2)C(=O)N(C)[C@@H](C)C(=O)N[C@@H](CC(N)=O)C(=O)N2CCC[C@H]2C(=O)N[C@@H](CN)C(=O)N[C@@H](CC(C)C)C(=O)N2C[C@H](O)C[C@H]2C(=O)C[C@@H](Cc2c[nH]c3ccccc23)C(=O)N[C@@H](CCN)C(=O)N[C@@H](Cc2c[nH]c3ccccc23)C(=O)N1C. The summed E-state index contributed by atoms with van der Waals surface area (Å²) >= 11 is 0. The van der Waals surface area contributed by atoms with Crippen molar-refractivity contribution in [3.63, 3.8) is 0 Å². The molecule has 3 saturated heterocycles. The summed E-state index contributed by atoms with van der Waals surface area (Å²) in [5.41, 5.74) is 21.1. The lowest BCUT2D eigenvalue weighted by molar-refractivity contribution is -0.149. The zero-order valence-corrected chi connectivity index (χ0v) is 73.3. The number of likely N-dealkylation sites (N-methyl/N-ethyl adjacent to an activating group) is 3. The lowest BCUT2D eigenvalue weighted by Gasteiger charge is -2.36. The Kier molecular flexibility index (Phi) is 36.4. The van der Waals surface area contributed by atoms with Gasteiger partial charge in [-0.2, -0.15) is 0 Å². The zero-order chi connectivity index (χ0) is 91.8. The molecule has 19 N–H and O–H groups in total. The van der Waals surface area contributed by atoms with Gasteiger partial charge in [-0.15, -0.1) is 0 Å². The average molecular weight is 1740 g/mol. The first kappa shape index (κ1) is 98.6. The van der Waals surface area contributed by atoms with Gasteiger partial charge >= 0.3 is 0 Å². The number of hydrogen-bond acceptors (Lipinski definition) is 20. The number of aromatic amines is 2. The highest BCUT2D eigenvalue weighted by Gasteiger charge is 2.46. The van der Waals surface area contributed by atoms with Crippen LogP contribution in [0, 0.1) is 17.8 Å². The quantitative estimate of drug-likeness (QED) is 0.0463. The van der Waals surface area contributed by atoms with E-state index in [0.29, 0.717) is 64.2 Å². The monoisotopic (exact) mass is 1740 g/mol. The molecule has 0 saturated carbocycles. The third-order valence-electron chi connectivity index (χ3n) is 23.5. The Morgan fingerprint density at radius 2 is 1.03 bits per heavy atom. The summed E-state index contributed by atoms with van der Waals surface area (Å²) < 4.78 is 0. The fourth-order valence-corrected chi connectivity index (χ4v) is 16.3. The Balaban J connectivity index is 1.16. The summed E-state index contributed by atoms with van der Waals surface area (Å²) in [5.74, 6) is -15.5. The van der Waals surface area contributed by atoms with Crippen molar-refractivity contribution in [2.24, 2.45) is 35.0 Å². The summed E-state index contributed by atoms with van der Waals surface area (Å²) in [6.07, 6.45) is 2.07. The van der Waals surface area contributed by atoms with Gasteiger partial charge in [0.05, 0.1) is 25.1 Å². The number of primary amides is 1. The molecule has 5 aromatic rings. The van der Waals surface area contributed by atoms with Gasteiger partial charge in [0.25, 0.3) is 0 Å². The zero-order valence-electron chi connectivity index (χ0n) is 73.3. The van der Waals surface area contributed by atoms with Crippen molar-refractivity contribution >= 4 is 116 Å². The van der Waals surface area contributed by atoms with Crippen LogP contribution in [0.15, 0.2) is 85.2 Å². The normalized spacial score (nSPS) is 26.0. The maximum Gasteiger partial charge on any atom is 0.246 e. The number of phenolic OH excluding ortho intramolecular Hbond substituents is 1. The van der Waals surface area contributed by atoms with Crippen molar-refractivity contribution in [3.05, 3.63) is 102 Å². The lowest BCUT2D eigenvalue weighted by Crippen LogP contribution is -2.61. The molecule has 0 radical (unpaired) electrons. The minimum Gasteiger partial charge on any atom is -0.508 e. The van der Waals surface area contributed by atoms with E-state index in [4.69, 9.17) is 17.2 Å². The van der Waals surface area contributed by atoms with Gasteiger partial charge in [0, 0.05) is 107 Å². The first-order valence-corrected chi connectivity index (χ1v) is 43.3. The number of carbonyl (C=O) groups excluding carboxylic acids is 16. The number of phenols is 1. The van der Waals surface area contributed by atoms with Crippen LogP contribution >= 0.6 is 0 Å². The van der Waals surface area contributed by atoms with Crippen molar-refractivity contribution in [3.8, 4) is 5.75 Å². The molecule has 15 amide bonds. The number of aliphatic hydroxyl groups is 1. The molecule has 8 rings (SSSR count). The van der Waals surface area contributed by atoms with Crippen LogP contribution in [0.5, 0.6) is 5.75 Å². The number of nitrogens with zero attached hydrogens (tertiary/aromatic N) is 5. The number of aliphatic hydroxyl groups excluding tert-OH is 1. The summed E-state index contributed by atoms with van der Waals surface area (Å²) in [7, 11) is 4.07. The number of H-pyrrole nitrogens is 2. The highest BCUT2D eigenvalue weighted by atomic mass is 16.3. The number of ketones is 1. The van der Waals surface area contributed by atoms with E-state index in [2.05, 4.69) is 57.8 Å². The van der Waals surface area contributed by atoms with Crippen LogP contribution in [-0.2, 0) is 96.0 Å². The topological polar surface area (TPSA) is 548 Å². The molecule has 5 heterocycles. The molecule has 37 nitrogen and oxygen atoms in total. The van der Waals surface area contributed by atoms with Gasteiger partial charge < -0.3 is 110 Å². The summed E-state index contributed by atoms with van der Waals surface area (Å²) in [6, 6.07) is 1.59. The Labute approximate surface area is 727 Å². The molecular formula is C88H127N19O18. The van der Waals surface area contributed by atoms with Gasteiger partial charge in [0.1, 0.15) is 78.3 Å². The number of aromatic nitrogens is 2. The van der Waals surface area contributed by atoms with Crippen molar-refractivity contribution < 1.29 is 86.9 Å². The molecule has 3 aliphatic rings. The Morgan fingerprint density at radius 3 is 1.63 bits per heavy atom. The maximum atomic E-state index is 15.7. The van der Waals surface area contributed by atoms with Crippen molar-refractivity contribution in [2.75, 3.05) is 53.9 Å². The molecule has 37 heteroatoms. The number of amides is 15. The van der Waals surface area contributed by atoms with Crippen LogP contribution in [0.2, 0.25) is 0 Å². The number of nitrogens with two attached hydrogens (primary N) is 3. The number of Topliss-reactive ketones (excluding diaryl/α,β-unsaturated/α-hetero) is 1. The molecule has 0 aliphatic carbocycles. The maximum absolute atomic E-state index is 15.7. The number of para-hydroxylation sites is 2. The second kappa shape index (κ2) is 46.2. The van der Waals surface area contributed by atoms with Crippen molar-refractivity contribution in [1.82, 2.24) is 82.3 Å². The molecule has 0 spiro atoms. The number of carbonyl (C=O) groups is 16. The molecule has 15 atom stereocenters. The molecule has 0 unspecified atom stereocenters. The number of unbranched alkanes of at least 4 members (excludes halogenated alkanes) is 2. The number of nitrogens with one attached hydrogen (secondary N) is 11. The second-order valence-electron chi connectivity index (χ2n) is 34.0. The molecule has 3 aromatic carbocycles. The standard InChI is InChI=1S/C88H127N19O18/c1-12-14-25-69-82(119)98-63(35-48(3)4)80(117)95-50(7)76(113)94-46-75(112)96-65(37-52-28-30-56(108)31-29-52)84(121)103(9)51(8)77(114)99-67(42-74(91)111)86(123)106-34-20-27-70(106)83(120)102-68(43-90)81(118)100-64(36-49(5)6)87(124)107-47-57(109)41-72(107)73(110)40-53(38-54-44-92-60-23-18-16-21-58(54)60)78(115)97-62(32-33-89)79(116)101-66(39-55-45-93-61-24-19-17-22-59(55)61)85(122)105(11)71(26-15-13-2)88(125)104(69)10/h16-19,21-24,28-31,44-45,48-51,53,57,62-72,92-93,108-109H,12-15,20,25-27,32-43,46-47,89-90H2,1-11H3,(H2,91,111)(H,94,113)(H,95,117)(H,96,112)(H,97,115)(H,98,119)(H,99,114)(H,100,118)(H,101,116)(H,102,120)/t50-,51-,53+,57+,62-,63-,64-,65-,66-,67-,68-,69-,70-,71-,72-/m0/s1. The van der Waals surface area contributed by atoms with Crippen LogP contribution in [0.4, 0.5) is 0 Å². The predicted molar refractivity (Wildman–Crippen MR) is 464 cm³/mol. The number of fused-ring (bicyclic) bond motifs is 4. The van der Waals surface area contributed by atoms with E-state index < -0.39 is 211 Å². The van der Waals surface area contributed by atoms with Gasteiger partial charge in [0.2, 0.25) is 88.6 Å². The van der Waals surface area contributed by atoms with Crippen LogP contribution < -0.4 is 65.1 Å². The molecule has 3 aliphatic heterocycles. The van der Waals surface area contributed by atoms with Crippen LogP contribution in [-0.4, -0.2) is 278 Å². The van der Waals surface area contributed by atoms with Gasteiger partial charge in [-0.05, 0) is 125 Å². The van der Waals surface area contributed by atoms with Gasteiger partial charge in [-0.25, -0.2) is 0 Å². The lowest BCUT2D eigenvalue weighted by atomic mass is 9.90. The molecule has 0 bridgehead atoms. The Morgan fingerprint density at radius 1 is 0.512 bits per heavy atom. The van der Waals surface area contributed by atoms with Crippen molar-refractivity contribution in [2.45, 2.75) is 249 Å². The average Bonchev–Trinajstić information content (AvgIpc) is 1.69. The van der Waals surface area contributed by atoms with Gasteiger partial charge in [-0.1, -0.05) is 116 Å². The van der Waals surface area contributed by atoms with E-state index in [1.807, 2.05) is 44.2 Å². The second-order valence-corrected chi connectivity index (χ2v) is 34.0. The minimum absolute atomic E-state index is 0.0136. The van der Waals surface area contributed by atoms with Crippen LogP contribution in [0.25, 0.3) is 21.8 Å². The minimum atomic E-state index is -1.74. The Bertz CT molecular complexity index is 4670. The highest BCUT2D eigenvalue weighted by Crippen LogP contribution is 2.30. The Hall–Kier alpha value is -11.9. The van der Waals surface area contributed by atoms with Crippen LogP contribution in [0.1, 0.15) is 162 Å². The first-order valence-electron chi connectivity index (χ1n) is 43.3. The van der Waals surface area contributed by atoms with Gasteiger partial charge in [0.15, 0.2) is 5.78 Å². The highest BCUT2D eigenvalue weighted by molar-refractivity contribution is 6.02. The fraction of sp³-hybridized carbons (Fsp3) is 0.568. The van der Waals surface area contributed by atoms with Gasteiger partial charge in [-0.3, -0.25) is 76.7 Å². The van der Waals surface area contributed by atoms with Crippen LogP contribution in [0.3, 0.4) is 0 Å². The van der Waals surface area contributed by atoms with E-state index in [-0.39, 0.29) is 108 Å². The number of hydrogen-bond donors (Lipinski definition) is 16. The predicted octanol–water partition coefficient (Wildman–Crippen LogP) is 0.0954. The van der Waals surface area contributed by atoms with Crippen molar-refractivity contribution in [1.29, 1.82) is 0 Å². The fourth-order valence-electron chi connectivity index (χ4n) is 16.3. The largest absolute Gasteiger partial charge is 0.508 e. The number of benzene rings is 3.